The zero-order valence-electron chi connectivity index (χ0n) is 14.2. The van der Waals surface area contributed by atoms with E-state index >= 15 is 0 Å². The first kappa shape index (κ1) is 19.1. The zero-order valence-corrected chi connectivity index (χ0v) is 14.2. The Balaban J connectivity index is 1.64. The average Bonchev–Trinajstić information content (AvgIpc) is 2.69. The van der Waals surface area contributed by atoms with Crippen molar-refractivity contribution in [3.63, 3.8) is 0 Å². The molecule has 27 heavy (non-hydrogen) atoms. The molecule has 0 aromatic heterocycles. The van der Waals surface area contributed by atoms with Crippen molar-refractivity contribution >= 4 is 5.97 Å². The van der Waals surface area contributed by atoms with Gasteiger partial charge in [0, 0.05) is 0 Å². The molecule has 2 aromatic rings. The number of aromatic hydroxyl groups is 1. The van der Waals surface area contributed by atoms with Crippen molar-refractivity contribution in [2.75, 3.05) is 6.61 Å². The summed E-state index contributed by atoms with van der Waals surface area (Å²) in [6.07, 6.45) is -6.94. The Morgan fingerprint density at radius 2 is 1.59 bits per heavy atom. The Labute approximate surface area is 155 Å². The molecule has 8 nitrogen and oxygen atoms in total. The second-order valence-corrected chi connectivity index (χ2v) is 6.09. The fourth-order valence-corrected chi connectivity index (χ4v) is 2.63. The molecule has 1 aliphatic heterocycles. The van der Waals surface area contributed by atoms with Crippen LogP contribution in [0.1, 0.15) is 10.4 Å². The van der Waals surface area contributed by atoms with Crippen LogP contribution in [-0.2, 0) is 9.47 Å². The number of hydrogen-bond acceptors (Lipinski definition) is 8. The molecule has 144 valence electrons. The van der Waals surface area contributed by atoms with Crippen LogP contribution in [0.2, 0.25) is 0 Å². The predicted octanol–water partition coefficient (Wildman–Crippen LogP) is 0.436. The first-order valence-corrected chi connectivity index (χ1v) is 8.33. The van der Waals surface area contributed by atoms with E-state index in [1.165, 1.54) is 24.3 Å². The first-order valence-electron chi connectivity index (χ1n) is 8.33. The van der Waals surface area contributed by atoms with Crippen LogP contribution >= 0.6 is 0 Å². The molecule has 4 N–H and O–H groups in total. The zero-order chi connectivity index (χ0) is 19.4. The highest BCUT2D eigenvalue weighted by atomic mass is 16.7. The van der Waals surface area contributed by atoms with E-state index in [0.29, 0.717) is 5.56 Å². The fourth-order valence-electron chi connectivity index (χ4n) is 2.63. The van der Waals surface area contributed by atoms with Crippen LogP contribution in [0.15, 0.2) is 54.6 Å². The maximum absolute atomic E-state index is 12.0. The number of hydrogen-bond donors (Lipinski definition) is 4. The van der Waals surface area contributed by atoms with Crippen LogP contribution in [0.25, 0.3) is 0 Å². The molecule has 8 heteroatoms. The Bertz CT molecular complexity index is 748. The van der Waals surface area contributed by atoms with Gasteiger partial charge in [-0.1, -0.05) is 18.2 Å². The fraction of sp³-hybridized carbons (Fsp3) is 0.316. The van der Waals surface area contributed by atoms with Crippen molar-refractivity contribution in [3.8, 4) is 11.5 Å². The number of esters is 1. The summed E-state index contributed by atoms with van der Waals surface area (Å²) >= 11 is 0. The number of benzene rings is 2. The maximum atomic E-state index is 12.0. The lowest BCUT2D eigenvalue weighted by Gasteiger charge is -2.39. The van der Waals surface area contributed by atoms with Gasteiger partial charge in [-0.2, -0.15) is 0 Å². The molecular formula is C19H20O8. The van der Waals surface area contributed by atoms with E-state index in [0.717, 1.165) is 0 Å². The van der Waals surface area contributed by atoms with Crippen molar-refractivity contribution in [1.82, 2.24) is 0 Å². The van der Waals surface area contributed by atoms with Crippen LogP contribution < -0.4 is 4.74 Å². The highest BCUT2D eigenvalue weighted by Gasteiger charge is 2.45. The van der Waals surface area contributed by atoms with Gasteiger partial charge in [-0.05, 0) is 36.4 Å². The number of carbonyl (C=O) groups is 1. The molecule has 0 radical (unpaired) electrons. The van der Waals surface area contributed by atoms with Gasteiger partial charge in [-0.3, -0.25) is 0 Å². The van der Waals surface area contributed by atoms with Crippen molar-refractivity contribution < 1.29 is 39.4 Å². The lowest BCUT2D eigenvalue weighted by Crippen LogP contribution is -2.60. The van der Waals surface area contributed by atoms with Crippen molar-refractivity contribution in [2.45, 2.75) is 30.7 Å². The van der Waals surface area contributed by atoms with Crippen LogP contribution in [-0.4, -0.2) is 63.7 Å². The summed E-state index contributed by atoms with van der Waals surface area (Å²) in [5, 5.41) is 39.5. The summed E-state index contributed by atoms with van der Waals surface area (Å²) in [6, 6.07) is 14.0. The minimum atomic E-state index is -1.55. The van der Waals surface area contributed by atoms with Crippen LogP contribution in [0.5, 0.6) is 11.5 Å². The van der Waals surface area contributed by atoms with Crippen LogP contribution in [0.4, 0.5) is 0 Å². The van der Waals surface area contributed by atoms with E-state index in [1.807, 2.05) is 0 Å². The summed E-state index contributed by atoms with van der Waals surface area (Å²) in [4.78, 5) is 12.0. The Hall–Kier alpha value is -2.65. The number of carbonyl (C=O) groups excluding carboxylic acids is 1. The maximum Gasteiger partial charge on any atom is 0.338 e. The predicted molar refractivity (Wildman–Crippen MR) is 92.1 cm³/mol. The number of aliphatic hydroxyl groups excluding tert-OH is 3. The number of ether oxygens (including phenoxy) is 3. The molecule has 5 atom stereocenters. The highest BCUT2D eigenvalue weighted by molar-refractivity contribution is 5.89. The molecular weight excluding hydrogens is 356 g/mol. The number of aliphatic hydroxyl groups is 3. The smallest absolute Gasteiger partial charge is 0.338 e. The topological polar surface area (TPSA) is 126 Å². The quantitative estimate of drug-likeness (QED) is 0.554. The third-order valence-electron chi connectivity index (χ3n) is 4.15. The number of rotatable bonds is 5. The summed E-state index contributed by atoms with van der Waals surface area (Å²) in [7, 11) is 0. The van der Waals surface area contributed by atoms with Gasteiger partial charge < -0.3 is 34.6 Å². The summed E-state index contributed by atoms with van der Waals surface area (Å²) < 4.78 is 16.1. The molecule has 1 heterocycles. The lowest BCUT2D eigenvalue weighted by molar-refractivity contribution is -0.277. The molecule has 0 bridgehead atoms. The standard InChI is InChI=1S/C19H20O8/c20-12-6-8-13(9-7-12)26-19-17(23)16(22)15(21)14(27-19)10-25-18(24)11-4-2-1-3-5-11/h1-9,14-17,19-23H,10H2/t14-,15-,16+,17-,19-/m1/s1. The molecule has 0 amide bonds. The summed E-state index contributed by atoms with van der Waals surface area (Å²) in [5.74, 6) is -0.294. The van der Waals surface area contributed by atoms with E-state index in [1.54, 1.807) is 30.3 Å². The van der Waals surface area contributed by atoms with Crippen molar-refractivity contribution in [2.24, 2.45) is 0 Å². The van der Waals surface area contributed by atoms with Gasteiger partial charge in [0.15, 0.2) is 0 Å². The third-order valence-corrected chi connectivity index (χ3v) is 4.15. The molecule has 1 aliphatic rings. The van der Waals surface area contributed by atoms with Crippen molar-refractivity contribution in [1.29, 1.82) is 0 Å². The molecule has 1 saturated heterocycles. The SMILES string of the molecule is O=C(OC[C@H]1O[C@@H](Oc2ccc(O)cc2)[C@H](O)[C@@H](O)[C@@H]1O)c1ccccc1. The minimum absolute atomic E-state index is 0.0358. The van der Waals surface area contributed by atoms with Crippen molar-refractivity contribution in [3.05, 3.63) is 60.2 Å². The van der Waals surface area contributed by atoms with E-state index in [9.17, 15) is 25.2 Å². The molecule has 2 aromatic carbocycles. The van der Waals surface area contributed by atoms with E-state index in [2.05, 4.69) is 0 Å². The van der Waals surface area contributed by atoms with Crippen LogP contribution in [0.3, 0.4) is 0 Å². The number of phenolic OH excluding ortho intramolecular Hbond substituents is 1. The van der Waals surface area contributed by atoms with Crippen LogP contribution in [0, 0.1) is 0 Å². The van der Waals surface area contributed by atoms with Gasteiger partial charge in [-0.15, -0.1) is 0 Å². The molecule has 3 rings (SSSR count). The summed E-state index contributed by atoms with van der Waals surface area (Å²) in [6.45, 7) is -0.339. The highest BCUT2D eigenvalue weighted by Crippen LogP contribution is 2.25. The number of phenols is 1. The minimum Gasteiger partial charge on any atom is -0.508 e. The Morgan fingerprint density at radius 3 is 2.26 bits per heavy atom. The monoisotopic (exact) mass is 376 g/mol. The van der Waals surface area contributed by atoms with Gasteiger partial charge in [0.05, 0.1) is 5.56 Å². The van der Waals surface area contributed by atoms with E-state index < -0.39 is 36.7 Å². The molecule has 0 aliphatic carbocycles. The van der Waals surface area contributed by atoms with Gasteiger partial charge >= 0.3 is 5.97 Å². The van der Waals surface area contributed by atoms with Gasteiger partial charge in [-0.25, -0.2) is 4.79 Å². The molecule has 1 fully saturated rings. The Kier molecular flexibility index (Phi) is 5.92. The Morgan fingerprint density at radius 1 is 0.926 bits per heavy atom. The van der Waals surface area contributed by atoms with E-state index in [-0.39, 0.29) is 18.1 Å². The largest absolute Gasteiger partial charge is 0.508 e. The average molecular weight is 376 g/mol. The molecule has 0 spiro atoms. The first-order chi connectivity index (χ1) is 13.0. The third kappa shape index (κ3) is 4.55. The van der Waals surface area contributed by atoms with Gasteiger partial charge in [0.25, 0.3) is 0 Å². The van der Waals surface area contributed by atoms with E-state index in [4.69, 9.17) is 14.2 Å². The van der Waals surface area contributed by atoms with Gasteiger partial charge in [0.1, 0.15) is 42.5 Å². The van der Waals surface area contributed by atoms with Gasteiger partial charge in [0.2, 0.25) is 6.29 Å². The second-order valence-electron chi connectivity index (χ2n) is 6.09. The molecule has 0 saturated carbocycles. The summed E-state index contributed by atoms with van der Waals surface area (Å²) in [5.41, 5.74) is 0.334. The molecule has 0 unspecified atom stereocenters. The lowest BCUT2D eigenvalue weighted by atomic mass is 9.99. The second kappa shape index (κ2) is 8.36. The normalized spacial score (nSPS) is 27.7.